The van der Waals surface area contributed by atoms with E-state index in [-0.39, 0.29) is 16.5 Å². The van der Waals surface area contributed by atoms with E-state index in [9.17, 15) is 0 Å². The molecule has 0 saturated carbocycles. The van der Waals surface area contributed by atoms with Gasteiger partial charge in [-0.1, -0.05) is 84.9 Å². The number of benzene rings is 4. The number of nitrogens with zero attached hydrogens (tertiary/aromatic N) is 1. The molecule has 4 rings (SSSR count). The summed E-state index contributed by atoms with van der Waals surface area (Å²) in [6.45, 7) is 0. The third-order valence-corrected chi connectivity index (χ3v) is 7.58. The van der Waals surface area contributed by atoms with Gasteiger partial charge in [-0.15, -0.1) is 0 Å². The minimum absolute atomic E-state index is 0. The minimum atomic E-state index is 0. The quantitative estimate of drug-likeness (QED) is 0.138. The molecule has 2 nitrogen and oxygen atoms in total. The molecule has 0 aliphatic heterocycles. The molecule has 0 amide bonds. The summed E-state index contributed by atoms with van der Waals surface area (Å²) in [5.74, 6) is 0. The molecule has 0 radical (unpaired) electrons. The van der Waals surface area contributed by atoms with Gasteiger partial charge in [0.05, 0.1) is 0 Å². The maximum Gasteiger partial charge on any atom is 0.0361 e. The Bertz CT molecular complexity index is 1340. The van der Waals surface area contributed by atoms with Crippen LogP contribution in [0.25, 0.3) is 19.6 Å². The Hall–Kier alpha value is -2.67. The van der Waals surface area contributed by atoms with Crippen molar-refractivity contribution in [3.8, 4) is 0 Å². The molecule has 0 aliphatic carbocycles. The van der Waals surface area contributed by atoms with Crippen LogP contribution >= 0.6 is 0 Å². The maximum absolute atomic E-state index is 5.48. The molecule has 0 heterocycles. The number of nitrogens with one attached hydrogen (secondary N) is 1. The van der Waals surface area contributed by atoms with Crippen LogP contribution in [-0.2, 0) is 67.0 Å². The standard InChI is InChI=1S/C16H17NS2.C15H15NS2.Ni/c1-17(2)14-10-8-13(9-11-14)16(19)15(18)12-6-4-3-5-7-12;1-16-13-9-7-12(8-10-13)15(18)14(17)11-5-3-2-4-6-11;/h3-11,18-19H,1-2H3;2-10,16-18H,1H3;/p-4/b16-15-;15-14-;. The number of hydrogen-bond donors (Lipinski definition) is 1. The molecule has 0 aliphatic rings. The zero-order valence-electron chi connectivity index (χ0n) is 21.3. The van der Waals surface area contributed by atoms with Crippen LogP contribution < -0.4 is 10.2 Å². The molecule has 200 valence electrons. The Labute approximate surface area is 259 Å². The molecule has 4 aromatic rings. The SMILES string of the molecule is CN(C)c1ccc(/C([S-])=C(/[S-])c2ccccc2)cc1.CNc1ccc(/C([S-])=C(/[S-])c2ccccc2)cc1.[Ni]. The molecule has 4 aromatic carbocycles. The van der Waals surface area contributed by atoms with Crippen LogP contribution in [0.1, 0.15) is 22.3 Å². The van der Waals surface area contributed by atoms with Gasteiger partial charge in [0.2, 0.25) is 0 Å². The van der Waals surface area contributed by atoms with Crippen molar-refractivity contribution in [3.05, 3.63) is 131 Å². The van der Waals surface area contributed by atoms with E-state index in [2.05, 4.69) is 22.3 Å². The van der Waals surface area contributed by atoms with Crippen molar-refractivity contribution in [3.63, 3.8) is 0 Å². The second-order valence-corrected chi connectivity index (χ2v) is 9.95. The van der Waals surface area contributed by atoms with E-state index in [4.69, 9.17) is 50.5 Å². The fourth-order valence-electron chi connectivity index (χ4n) is 3.40. The van der Waals surface area contributed by atoms with Crippen LogP contribution in [0.3, 0.4) is 0 Å². The molecule has 1 N–H and O–H groups in total. The largest absolute Gasteiger partial charge is 0.781 e. The first kappa shape index (κ1) is 31.6. The summed E-state index contributed by atoms with van der Waals surface area (Å²) in [5, 5.41) is 3.08. The normalized spacial score (nSPS) is 11.6. The topological polar surface area (TPSA) is 15.3 Å². The minimum Gasteiger partial charge on any atom is -0.781 e. The molecular weight excluding hydrogens is 587 g/mol. The second kappa shape index (κ2) is 15.7. The summed E-state index contributed by atoms with van der Waals surface area (Å²) in [6, 6.07) is 35.9. The van der Waals surface area contributed by atoms with Crippen LogP contribution in [0.2, 0.25) is 0 Å². The van der Waals surface area contributed by atoms with Crippen LogP contribution in [0.15, 0.2) is 109 Å². The maximum atomic E-state index is 5.48. The van der Waals surface area contributed by atoms with Crippen molar-refractivity contribution in [2.45, 2.75) is 0 Å². The van der Waals surface area contributed by atoms with Gasteiger partial charge in [0.15, 0.2) is 0 Å². The fourth-order valence-corrected chi connectivity index (χ4v) is 4.42. The Morgan fingerprint density at radius 3 is 1.13 bits per heavy atom. The van der Waals surface area contributed by atoms with Crippen molar-refractivity contribution in [2.75, 3.05) is 31.4 Å². The molecule has 0 saturated heterocycles. The van der Waals surface area contributed by atoms with Gasteiger partial charge in [0.1, 0.15) is 0 Å². The zero-order chi connectivity index (χ0) is 26.8. The molecule has 0 aromatic heterocycles. The first-order valence-electron chi connectivity index (χ1n) is 11.6. The van der Waals surface area contributed by atoms with Gasteiger partial charge in [-0.3, -0.25) is 0 Å². The Kier molecular flexibility index (Phi) is 13.0. The van der Waals surface area contributed by atoms with Gasteiger partial charge in [-0.2, -0.15) is 19.6 Å². The Balaban J connectivity index is 0.000000260. The third kappa shape index (κ3) is 8.69. The molecule has 0 bridgehead atoms. The molecule has 0 unspecified atom stereocenters. The number of rotatable bonds is 6. The summed E-state index contributed by atoms with van der Waals surface area (Å²) in [6.07, 6.45) is 0. The Morgan fingerprint density at radius 2 is 0.816 bits per heavy atom. The van der Waals surface area contributed by atoms with Gasteiger partial charge in [0, 0.05) is 49.0 Å². The van der Waals surface area contributed by atoms with E-state index in [0.717, 1.165) is 53.2 Å². The van der Waals surface area contributed by atoms with Crippen molar-refractivity contribution in [1.82, 2.24) is 0 Å². The van der Waals surface area contributed by atoms with E-state index >= 15 is 0 Å². The van der Waals surface area contributed by atoms with E-state index in [0.29, 0.717) is 0 Å². The van der Waals surface area contributed by atoms with E-state index < -0.39 is 0 Å². The summed E-state index contributed by atoms with van der Waals surface area (Å²) in [4.78, 5) is 4.96. The van der Waals surface area contributed by atoms with Gasteiger partial charge in [0.25, 0.3) is 0 Å². The molecule has 38 heavy (non-hydrogen) atoms. The van der Waals surface area contributed by atoms with E-state index in [1.165, 1.54) is 0 Å². The monoisotopic (exact) mass is 614 g/mol. The summed E-state index contributed by atoms with van der Waals surface area (Å²) >= 11 is 21.8. The van der Waals surface area contributed by atoms with Crippen molar-refractivity contribution in [2.24, 2.45) is 0 Å². The van der Waals surface area contributed by atoms with Crippen LogP contribution in [0.5, 0.6) is 0 Å². The average molecular weight is 616 g/mol. The smallest absolute Gasteiger partial charge is 0.0361 e. The van der Waals surface area contributed by atoms with Crippen molar-refractivity contribution >= 4 is 81.5 Å². The van der Waals surface area contributed by atoms with Crippen molar-refractivity contribution < 1.29 is 16.5 Å². The zero-order valence-corrected chi connectivity index (χ0v) is 25.5. The van der Waals surface area contributed by atoms with Gasteiger partial charge in [-0.05, 0) is 46.5 Å². The predicted molar refractivity (Wildman–Crippen MR) is 173 cm³/mol. The van der Waals surface area contributed by atoms with Gasteiger partial charge >= 0.3 is 0 Å². The van der Waals surface area contributed by atoms with Crippen LogP contribution in [-0.4, -0.2) is 21.1 Å². The average Bonchev–Trinajstić information content (AvgIpc) is 2.97. The second-order valence-electron chi connectivity index (χ2n) is 8.32. The van der Waals surface area contributed by atoms with Gasteiger partial charge in [-0.25, -0.2) is 0 Å². The fraction of sp³-hybridized carbons (Fsp3) is 0.0968. The molecule has 0 atom stereocenters. The summed E-state index contributed by atoms with van der Waals surface area (Å²) in [5.41, 5.74) is 6.19. The first-order valence-corrected chi connectivity index (χ1v) is 13.3. The van der Waals surface area contributed by atoms with E-state index in [1.807, 2.05) is 118 Å². The van der Waals surface area contributed by atoms with Crippen molar-refractivity contribution in [1.29, 1.82) is 0 Å². The predicted octanol–water partition coefficient (Wildman–Crippen LogP) is 7.32. The molecule has 0 fully saturated rings. The summed E-state index contributed by atoms with van der Waals surface area (Å²) in [7, 11) is 5.92. The van der Waals surface area contributed by atoms with Gasteiger partial charge < -0.3 is 60.7 Å². The Morgan fingerprint density at radius 1 is 0.500 bits per heavy atom. The summed E-state index contributed by atoms with van der Waals surface area (Å²) < 4.78 is 0. The first-order chi connectivity index (χ1) is 17.8. The van der Waals surface area contributed by atoms with E-state index in [1.54, 1.807) is 0 Å². The molecule has 0 spiro atoms. The molecule has 7 heteroatoms. The molecular formula is C31H28N2NiS4-4. The van der Waals surface area contributed by atoms with Crippen LogP contribution in [0.4, 0.5) is 11.4 Å². The van der Waals surface area contributed by atoms with Crippen LogP contribution in [0, 0.1) is 0 Å². The number of anilines is 2. The number of hydrogen-bond acceptors (Lipinski definition) is 6. The third-order valence-electron chi connectivity index (χ3n) is 5.57.